The third-order valence-electron chi connectivity index (χ3n) is 4.39. The Morgan fingerprint density at radius 2 is 2.16 bits per heavy atom. The minimum Gasteiger partial charge on any atom is -0.347 e. The van der Waals surface area contributed by atoms with Gasteiger partial charge in [-0.05, 0) is 25.0 Å². The molecule has 0 aliphatic carbocycles. The van der Waals surface area contributed by atoms with Gasteiger partial charge in [-0.15, -0.1) is 12.4 Å². The molecular weight excluding hydrogens is 344 g/mol. The van der Waals surface area contributed by atoms with Gasteiger partial charge in [-0.25, -0.2) is 14.9 Å². The Morgan fingerprint density at radius 1 is 1.32 bits per heavy atom. The minimum atomic E-state index is -0.516. The molecule has 4 rings (SSSR count). The normalized spacial score (nSPS) is 16.7. The lowest BCUT2D eigenvalue weighted by atomic mass is 10.1. The van der Waals surface area contributed by atoms with Crippen LogP contribution in [-0.4, -0.2) is 30.6 Å². The molecule has 1 unspecified atom stereocenters. The molecular formula is C16H19ClN6O2. The van der Waals surface area contributed by atoms with Gasteiger partial charge in [-0.3, -0.25) is 9.36 Å². The molecule has 0 bridgehead atoms. The van der Waals surface area contributed by atoms with Crippen LogP contribution in [0.5, 0.6) is 0 Å². The zero-order chi connectivity index (χ0) is 16.5. The maximum Gasteiger partial charge on any atom is 0.344 e. The number of fused-ring (bicyclic) bond motifs is 2. The molecule has 1 amide bonds. The average Bonchev–Trinajstić information content (AvgIpc) is 3.09. The van der Waals surface area contributed by atoms with E-state index in [4.69, 9.17) is 0 Å². The summed E-state index contributed by atoms with van der Waals surface area (Å²) in [4.78, 5) is 32.2. The van der Waals surface area contributed by atoms with Crippen molar-refractivity contribution in [1.29, 1.82) is 0 Å². The van der Waals surface area contributed by atoms with Crippen LogP contribution in [0, 0.1) is 0 Å². The fourth-order valence-electron chi connectivity index (χ4n) is 3.21. The summed E-state index contributed by atoms with van der Waals surface area (Å²) in [5.41, 5.74) is 1.48. The predicted octanol–water partition coefficient (Wildman–Crippen LogP) is 1.45. The highest BCUT2D eigenvalue weighted by Gasteiger charge is 2.27. The number of carbonyl (C=O) groups excluding carboxylic acids is 1. The third-order valence-corrected chi connectivity index (χ3v) is 4.39. The highest BCUT2D eigenvalue weighted by Crippen LogP contribution is 2.21. The molecule has 1 aliphatic heterocycles. The van der Waals surface area contributed by atoms with Crippen molar-refractivity contribution >= 4 is 29.3 Å². The Kier molecular flexibility index (Phi) is 4.89. The Labute approximate surface area is 149 Å². The Hall–Kier alpha value is -2.61. The highest BCUT2D eigenvalue weighted by atomic mass is 35.5. The summed E-state index contributed by atoms with van der Waals surface area (Å²) < 4.78 is 1.49. The predicted molar refractivity (Wildman–Crippen MR) is 94.6 cm³/mol. The summed E-state index contributed by atoms with van der Waals surface area (Å²) in [7, 11) is 0. The van der Waals surface area contributed by atoms with Crippen molar-refractivity contribution in [3.63, 3.8) is 0 Å². The standard InChI is InChI=1S/C16H18N6O2.ClH/c23-15(12-7-3-4-8-14-20-21-16(24)22(12)14)17-9-13-18-10-5-1-2-6-11(10)19-13;/h1-2,5-6,12H,3-4,7-9H2,(H,17,23)(H,18,19)(H,21,24);1H. The molecule has 1 atom stereocenters. The molecule has 8 nitrogen and oxygen atoms in total. The summed E-state index contributed by atoms with van der Waals surface area (Å²) in [6, 6.07) is 7.19. The highest BCUT2D eigenvalue weighted by molar-refractivity contribution is 5.85. The lowest BCUT2D eigenvalue weighted by Crippen LogP contribution is -2.36. The minimum absolute atomic E-state index is 0. The number of H-pyrrole nitrogens is 2. The molecule has 132 valence electrons. The number of aromatic nitrogens is 5. The maximum absolute atomic E-state index is 12.6. The molecule has 0 radical (unpaired) electrons. The molecule has 1 aliphatic rings. The van der Waals surface area contributed by atoms with E-state index in [0.717, 1.165) is 23.9 Å². The molecule has 3 aromatic rings. The van der Waals surface area contributed by atoms with E-state index in [9.17, 15) is 9.59 Å². The number of amides is 1. The van der Waals surface area contributed by atoms with Crippen molar-refractivity contribution in [2.24, 2.45) is 0 Å². The van der Waals surface area contributed by atoms with Crippen molar-refractivity contribution in [3.05, 3.63) is 46.4 Å². The number of hydrogen-bond acceptors (Lipinski definition) is 4. The van der Waals surface area contributed by atoms with Gasteiger partial charge in [-0.1, -0.05) is 18.6 Å². The van der Waals surface area contributed by atoms with Gasteiger partial charge in [0.25, 0.3) is 0 Å². The average molecular weight is 363 g/mol. The van der Waals surface area contributed by atoms with Gasteiger partial charge >= 0.3 is 5.69 Å². The SMILES string of the molecule is Cl.O=C(NCc1nc2ccccc2[nH]1)C1CCCCc2n[nH]c(=O)n21. The summed E-state index contributed by atoms with van der Waals surface area (Å²) in [6.07, 6.45) is 3.17. The number of para-hydroxylation sites is 2. The zero-order valence-electron chi connectivity index (χ0n) is 13.5. The molecule has 9 heteroatoms. The van der Waals surface area contributed by atoms with Crippen LogP contribution in [0.4, 0.5) is 0 Å². The first kappa shape index (κ1) is 17.2. The summed E-state index contributed by atoms with van der Waals surface area (Å²) in [5.74, 6) is 1.17. The fourth-order valence-corrected chi connectivity index (χ4v) is 3.21. The Bertz CT molecular complexity index is 910. The first-order chi connectivity index (χ1) is 11.7. The molecule has 25 heavy (non-hydrogen) atoms. The third kappa shape index (κ3) is 3.30. The first-order valence-electron chi connectivity index (χ1n) is 8.09. The largest absolute Gasteiger partial charge is 0.347 e. The van der Waals surface area contributed by atoms with Crippen LogP contribution in [0.2, 0.25) is 0 Å². The molecule has 0 saturated carbocycles. The van der Waals surface area contributed by atoms with Gasteiger partial charge in [0, 0.05) is 6.42 Å². The van der Waals surface area contributed by atoms with E-state index < -0.39 is 6.04 Å². The molecule has 1 aromatic carbocycles. The van der Waals surface area contributed by atoms with Crippen molar-refractivity contribution in [1.82, 2.24) is 30.0 Å². The van der Waals surface area contributed by atoms with E-state index in [1.807, 2.05) is 24.3 Å². The smallest absolute Gasteiger partial charge is 0.344 e. The van der Waals surface area contributed by atoms with E-state index in [1.54, 1.807) is 0 Å². The number of imidazole rings is 1. The number of benzene rings is 1. The van der Waals surface area contributed by atoms with Gasteiger partial charge in [0.15, 0.2) is 0 Å². The fraction of sp³-hybridized carbons (Fsp3) is 0.375. The number of hydrogen-bond donors (Lipinski definition) is 3. The van der Waals surface area contributed by atoms with Crippen LogP contribution in [0.25, 0.3) is 11.0 Å². The van der Waals surface area contributed by atoms with Crippen LogP contribution in [0.1, 0.15) is 37.0 Å². The second kappa shape index (κ2) is 7.10. The number of halogens is 1. The van der Waals surface area contributed by atoms with E-state index in [0.29, 0.717) is 31.0 Å². The van der Waals surface area contributed by atoms with E-state index >= 15 is 0 Å². The monoisotopic (exact) mass is 362 g/mol. The maximum atomic E-state index is 12.6. The zero-order valence-corrected chi connectivity index (χ0v) is 14.3. The van der Waals surface area contributed by atoms with Gasteiger partial charge in [0.05, 0.1) is 17.6 Å². The summed E-state index contributed by atoms with van der Waals surface area (Å²) >= 11 is 0. The van der Waals surface area contributed by atoms with Crippen LogP contribution in [0.3, 0.4) is 0 Å². The van der Waals surface area contributed by atoms with Gasteiger partial charge in [0.1, 0.15) is 17.7 Å². The molecule has 0 fully saturated rings. The van der Waals surface area contributed by atoms with Crippen molar-refractivity contribution in [3.8, 4) is 0 Å². The molecule has 2 aromatic heterocycles. The van der Waals surface area contributed by atoms with Crippen LogP contribution in [0.15, 0.2) is 29.1 Å². The van der Waals surface area contributed by atoms with Crippen LogP contribution in [-0.2, 0) is 17.8 Å². The van der Waals surface area contributed by atoms with Gasteiger partial charge in [0.2, 0.25) is 5.91 Å². The van der Waals surface area contributed by atoms with Crippen LogP contribution >= 0.6 is 12.4 Å². The summed E-state index contributed by atoms with van der Waals surface area (Å²) in [6.45, 7) is 0.298. The van der Waals surface area contributed by atoms with Crippen molar-refractivity contribution in [2.75, 3.05) is 0 Å². The number of nitrogens with zero attached hydrogens (tertiary/aromatic N) is 3. The topological polar surface area (TPSA) is 108 Å². The van der Waals surface area contributed by atoms with E-state index in [2.05, 4.69) is 25.5 Å². The van der Waals surface area contributed by atoms with Crippen molar-refractivity contribution < 1.29 is 4.79 Å². The van der Waals surface area contributed by atoms with Crippen LogP contribution < -0.4 is 11.0 Å². The molecule has 3 heterocycles. The second-order valence-corrected chi connectivity index (χ2v) is 6.00. The molecule has 0 saturated heterocycles. The van der Waals surface area contributed by atoms with E-state index in [1.165, 1.54) is 4.57 Å². The van der Waals surface area contributed by atoms with E-state index in [-0.39, 0.29) is 24.0 Å². The quantitative estimate of drug-likeness (QED) is 0.655. The number of nitrogens with one attached hydrogen (secondary N) is 3. The van der Waals surface area contributed by atoms with Gasteiger partial charge < -0.3 is 10.3 Å². The molecule has 0 spiro atoms. The number of carbonyl (C=O) groups is 1. The first-order valence-corrected chi connectivity index (χ1v) is 8.09. The Morgan fingerprint density at radius 3 is 3.00 bits per heavy atom. The second-order valence-electron chi connectivity index (χ2n) is 6.00. The number of aromatic amines is 2. The van der Waals surface area contributed by atoms with Crippen molar-refractivity contribution in [2.45, 2.75) is 38.3 Å². The number of rotatable bonds is 3. The lowest BCUT2D eigenvalue weighted by Gasteiger charge is -2.16. The molecule has 3 N–H and O–H groups in total. The Balaban J connectivity index is 0.00000182. The number of aryl methyl sites for hydroxylation is 1. The van der Waals surface area contributed by atoms with Gasteiger partial charge in [-0.2, -0.15) is 5.10 Å². The summed E-state index contributed by atoms with van der Waals surface area (Å²) in [5, 5.41) is 9.35. The lowest BCUT2D eigenvalue weighted by molar-refractivity contribution is -0.124.